The quantitative estimate of drug-likeness (QED) is 0.785. The Hall–Kier alpha value is -0.610. The molecule has 0 aromatic rings. The molecule has 0 aliphatic carbocycles. The van der Waals surface area contributed by atoms with Gasteiger partial charge in [-0.2, -0.15) is 0 Å². The van der Waals surface area contributed by atoms with Crippen LogP contribution in [0.15, 0.2) is 0 Å². The largest absolute Gasteiger partial charge is 0.368 e. The zero-order chi connectivity index (χ0) is 15.4. The summed E-state index contributed by atoms with van der Waals surface area (Å²) in [6.45, 7) is 13.9. The van der Waals surface area contributed by atoms with Crippen molar-refractivity contribution < 1.29 is 4.79 Å². The Morgan fingerprint density at radius 3 is 2.55 bits per heavy atom. The first kappa shape index (κ1) is 17.4. The highest BCUT2D eigenvalue weighted by Crippen LogP contribution is 2.30. The molecule has 1 saturated heterocycles. The maximum Gasteiger partial charge on any atom is 0.237 e. The molecule has 1 aliphatic heterocycles. The average molecular weight is 283 g/mol. The molecule has 3 N–H and O–H groups in total. The fraction of sp³-hybridized carbons (Fsp3) is 0.938. The maximum atomic E-state index is 11.7. The molecule has 0 aromatic carbocycles. The molecule has 4 heteroatoms. The maximum absolute atomic E-state index is 11.7. The lowest BCUT2D eigenvalue weighted by Gasteiger charge is -2.32. The van der Waals surface area contributed by atoms with E-state index in [-0.39, 0.29) is 11.9 Å². The number of hydrogen-bond donors (Lipinski definition) is 2. The topological polar surface area (TPSA) is 58.4 Å². The van der Waals surface area contributed by atoms with Crippen LogP contribution >= 0.6 is 0 Å². The predicted octanol–water partition coefficient (Wildman–Crippen LogP) is 2.13. The monoisotopic (exact) mass is 283 g/mol. The Kier molecular flexibility index (Phi) is 6.02. The molecule has 1 heterocycles. The SMILES string of the molecule is CC(C)NC(C)(CCN1CCCC(C)(C)CC1)C(N)=O. The average Bonchev–Trinajstić information content (AvgIpc) is 2.47. The van der Waals surface area contributed by atoms with Crippen molar-refractivity contribution in [2.45, 2.75) is 71.9 Å². The van der Waals surface area contributed by atoms with Crippen LogP contribution in [0.5, 0.6) is 0 Å². The van der Waals surface area contributed by atoms with Gasteiger partial charge in [0, 0.05) is 12.6 Å². The van der Waals surface area contributed by atoms with Crippen LogP contribution in [0.3, 0.4) is 0 Å². The lowest BCUT2D eigenvalue weighted by molar-refractivity contribution is -0.124. The predicted molar refractivity (Wildman–Crippen MR) is 84.6 cm³/mol. The molecular weight excluding hydrogens is 250 g/mol. The summed E-state index contributed by atoms with van der Waals surface area (Å²) in [6, 6.07) is 0.260. The van der Waals surface area contributed by atoms with Crippen molar-refractivity contribution in [3.05, 3.63) is 0 Å². The van der Waals surface area contributed by atoms with Gasteiger partial charge in [-0.15, -0.1) is 0 Å². The van der Waals surface area contributed by atoms with Crippen molar-refractivity contribution >= 4 is 5.91 Å². The van der Waals surface area contributed by atoms with Gasteiger partial charge in [-0.05, 0) is 65.0 Å². The molecule has 1 aliphatic rings. The summed E-state index contributed by atoms with van der Waals surface area (Å²) in [7, 11) is 0. The van der Waals surface area contributed by atoms with Crippen LogP contribution in [-0.4, -0.2) is 42.0 Å². The van der Waals surface area contributed by atoms with E-state index >= 15 is 0 Å². The van der Waals surface area contributed by atoms with E-state index in [0.29, 0.717) is 5.41 Å². The minimum Gasteiger partial charge on any atom is -0.368 e. The number of nitrogens with zero attached hydrogens (tertiary/aromatic N) is 1. The molecule has 0 bridgehead atoms. The fourth-order valence-corrected chi connectivity index (χ4v) is 2.99. The Labute approximate surface area is 124 Å². The van der Waals surface area contributed by atoms with E-state index in [0.717, 1.165) is 26.1 Å². The molecule has 20 heavy (non-hydrogen) atoms. The smallest absolute Gasteiger partial charge is 0.237 e. The lowest BCUT2D eigenvalue weighted by atomic mass is 9.85. The molecule has 4 nitrogen and oxygen atoms in total. The summed E-state index contributed by atoms with van der Waals surface area (Å²) in [5.74, 6) is -0.249. The minimum atomic E-state index is -0.601. The summed E-state index contributed by atoms with van der Waals surface area (Å²) in [4.78, 5) is 14.2. The fourth-order valence-electron chi connectivity index (χ4n) is 2.99. The van der Waals surface area contributed by atoms with Gasteiger partial charge < -0.3 is 16.0 Å². The molecule has 1 atom stereocenters. The Balaban J connectivity index is 2.53. The number of hydrogen-bond acceptors (Lipinski definition) is 3. The lowest BCUT2D eigenvalue weighted by Crippen LogP contribution is -2.56. The van der Waals surface area contributed by atoms with Crippen LogP contribution in [0.2, 0.25) is 0 Å². The molecule has 118 valence electrons. The van der Waals surface area contributed by atoms with E-state index < -0.39 is 5.54 Å². The van der Waals surface area contributed by atoms with Crippen LogP contribution in [-0.2, 0) is 4.79 Å². The second kappa shape index (κ2) is 6.90. The molecule has 1 unspecified atom stereocenters. The first-order valence-corrected chi connectivity index (χ1v) is 7.95. The van der Waals surface area contributed by atoms with Crippen molar-refractivity contribution in [1.29, 1.82) is 0 Å². The van der Waals surface area contributed by atoms with Gasteiger partial charge in [-0.3, -0.25) is 4.79 Å². The molecule has 1 fully saturated rings. The standard InChI is InChI=1S/C16H33N3O/c1-13(2)18-16(5,14(17)20)9-12-19-10-6-7-15(3,4)8-11-19/h13,18H,6-12H2,1-5H3,(H2,17,20). The summed E-state index contributed by atoms with van der Waals surface area (Å²) in [5, 5.41) is 3.33. The van der Waals surface area contributed by atoms with Crippen molar-refractivity contribution in [2.75, 3.05) is 19.6 Å². The third-order valence-corrected chi connectivity index (χ3v) is 4.51. The van der Waals surface area contributed by atoms with Gasteiger partial charge in [0.05, 0.1) is 5.54 Å². The summed E-state index contributed by atoms with van der Waals surface area (Å²) in [6.07, 6.45) is 4.55. The third kappa shape index (κ3) is 5.41. The molecule has 0 saturated carbocycles. The highest BCUT2D eigenvalue weighted by molar-refractivity contribution is 5.84. The van der Waals surface area contributed by atoms with Crippen molar-refractivity contribution in [3.63, 3.8) is 0 Å². The number of carbonyl (C=O) groups is 1. The van der Waals surface area contributed by atoms with Gasteiger partial charge in [0.25, 0.3) is 0 Å². The zero-order valence-corrected chi connectivity index (χ0v) is 14.0. The highest BCUT2D eigenvalue weighted by Gasteiger charge is 2.32. The highest BCUT2D eigenvalue weighted by atomic mass is 16.1. The van der Waals surface area contributed by atoms with E-state index in [1.165, 1.54) is 19.3 Å². The third-order valence-electron chi connectivity index (χ3n) is 4.51. The van der Waals surface area contributed by atoms with Gasteiger partial charge in [0.15, 0.2) is 0 Å². The molecule has 0 radical (unpaired) electrons. The van der Waals surface area contributed by atoms with Crippen LogP contribution in [0, 0.1) is 5.41 Å². The molecule has 0 spiro atoms. The second-order valence-corrected chi connectivity index (χ2v) is 7.60. The number of amides is 1. The van der Waals surface area contributed by atoms with Gasteiger partial charge in [-0.25, -0.2) is 0 Å². The van der Waals surface area contributed by atoms with Gasteiger partial charge in [-0.1, -0.05) is 13.8 Å². The summed E-state index contributed by atoms with van der Waals surface area (Å²) < 4.78 is 0. The van der Waals surface area contributed by atoms with E-state index in [2.05, 4.69) is 37.9 Å². The Morgan fingerprint density at radius 1 is 1.35 bits per heavy atom. The number of rotatable bonds is 6. The number of carbonyl (C=O) groups excluding carboxylic acids is 1. The Bertz CT molecular complexity index is 328. The van der Waals surface area contributed by atoms with E-state index in [1.807, 2.05) is 6.92 Å². The van der Waals surface area contributed by atoms with Gasteiger partial charge in [0.2, 0.25) is 5.91 Å². The van der Waals surface area contributed by atoms with Crippen LogP contribution < -0.4 is 11.1 Å². The van der Waals surface area contributed by atoms with Crippen LogP contribution in [0.25, 0.3) is 0 Å². The molecule has 0 aromatic heterocycles. The van der Waals surface area contributed by atoms with E-state index in [1.54, 1.807) is 0 Å². The van der Waals surface area contributed by atoms with Crippen molar-refractivity contribution in [1.82, 2.24) is 10.2 Å². The Morgan fingerprint density at radius 2 is 2.00 bits per heavy atom. The first-order valence-electron chi connectivity index (χ1n) is 7.95. The van der Waals surface area contributed by atoms with E-state index in [4.69, 9.17) is 5.73 Å². The minimum absolute atomic E-state index is 0.249. The number of nitrogens with two attached hydrogens (primary N) is 1. The number of primary amides is 1. The number of likely N-dealkylation sites (tertiary alicyclic amines) is 1. The summed E-state index contributed by atoms with van der Waals surface area (Å²) in [5.41, 5.74) is 5.44. The number of nitrogens with one attached hydrogen (secondary N) is 1. The molecule has 1 amide bonds. The van der Waals surface area contributed by atoms with Gasteiger partial charge in [0.1, 0.15) is 0 Å². The molecule has 1 rings (SSSR count). The van der Waals surface area contributed by atoms with E-state index in [9.17, 15) is 4.79 Å². The summed E-state index contributed by atoms with van der Waals surface area (Å²) >= 11 is 0. The first-order chi connectivity index (χ1) is 9.15. The van der Waals surface area contributed by atoms with Crippen LogP contribution in [0.1, 0.15) is 60.3 Å². The van der Waals surface area contributed by atoms with Crippen molar-refractivity contribution in [3.8, 4) is 0 Å². The normalized spacial score (nSPS) is 23.3. The zero-order valence-electron chi connectivity index (χ0n) is 14.0. The van der Waals surface area contributed by atoms with Crippen LogP contribution in [0.4, 0.5) is 0 Å². The van der Waals surface area contributed by atoms with Gasteiger partial charge >= 0.3 is 0 Å². The second-order valence-electron chi connectivity index (χ2n) is 7.60. The van der Waals surface area contributed by atoms with Crippen molar-refractivity contribution in [2.24, 2.45) is 11.1 Å². The molecular formula is C16H33N3O.